The van der Waals surface area contributed by atoms with Crippen molar-refractivity contribution in [3.8, 4) is 0 Å². The molecule has 1 aromatic heterocycles. The maximum absolute atomic E-state index is 12.1. The smallest absolute Gasteiger partial charge is 0.182 e. The van der Waals surface area contributed by atoms with Crippen molar-refractivity contribution in [2.24, 2.45) is 11.8 Å². The SMILES string of the molecule is Cc1cc(C(=O)C(C)Cl)c(C)n1CCC1CCCC(C)C1. The third-order valence-electron chi connectivity index (χ3n) is 5.01. The number of carbonyl (C=O) groups excluding carboxylic acids is 1. The third kappa shape index (κ3) is 3.91. The van der Waals surface area contributed by atoms with Crippen molar-refractivity contribution in [3.05, 3.63) is 23.0 Å². The predicted molar refractivity (Wildman–Crippen MR) is 89.3 cm³/mol. The Morgan fingerprint density at radius 1 is 1.43 bits per heavy atom. The molecule has 0 N–H and O–H groups in total. The number of aromatic nitrogens is 1. The van der Waals surface area contributed by atoms with E-state index < -0.39 is 5.38 Å². The summed E-state index contributed by atoms with van der Waals surface area (Å²) in [5.41, 5.74) is 3.05. The second-order valence-electron chi connectivity index (χ2n) is 6.84. The molecule has 0 spiro atoms. The molecule has 21 heavy (non-hydrogen) atoms. The van der Waals surface area contributed by atoms with Crippen molar-refractivity contribution in [2.45, 2.75) is 71.7 Å². The van der Waals surface area contributed by atoms with E-state index in [1.165, 1.54) is 37.8 Å². The molecule has 2 rings (SSSR count). The number of hydrogen-bond donors (Lipinski definition) is 0. The van der Waals surface area contributed by atoms with E-state index in [1.807, 2.05) is 13.0 Å². The van der Waals surface area contributed by atoms with Gasteiger partial charge in [-0.3, -0.25) is 4.79 Å². The largest absolute Gasteiger partial charge is 0.348 e. The van der Waals surface area contributed by atoms with E-state index in [2.05, 4.69) is 18.4 Å². The number of aryl methyl sites for hydroxylation is 1. The molecule has 0 aliphatic heterocycles. The second-order valence-corrected chi connectivity index (χ2v) is 7.50. The number of alkyl halides is 1. The summed E-state index contributed by atoms with van der Waals surface area (Å²) >= 11 is 5.95. The first kappa shape index (κ1) is 16.6. The lowest BCUT2D eigenvalue weighted by Gasteiger charge is -2.27. The monoisotopic (exact) mass is 309 g/mol. The van der Waals surface area contributed by atoms with Crippen molar-refractivity contribution < 1.29 is 4.79 Å². The van der Waals surface area contributed by atoms with Crippen LogP contribution in [0.15, 0.2) is 6.07 Å². The van der Waals surface area contributed by atoms with Crippen LogP contribution in [0.3, 0.4) is 0 Å². The lowest BCUT2D eigenvalue weighted by atomic mass is 9.81. The van der Waals surface area contributed by atoms with E-state index in [0.29, 0.717) is 0 Å². The first-order chi connectivity index (χ1) is 9.90. The van der Waals surface area contributed by atoms with E-state index in [9.17, 15) is 4.79 Å². The zero-order valence-electron chi connectivity index (χ0n) is 13.8. The van der Waals surface area contributed by atoms with Gasteiger partial charge in [0.15, 0.2) is 5.78 Å². The Morgan fingerprint density at radius 3 is 2.76 bits per heavy atom. The Kier molecular flexibility index (Phi) is 5.54. The highest BCUT2D eigenvalue weighted by Crippen LogP contribution is 2.31. The van der Waals surface area contributed by atoms with Crippen LogP contribution in [-0.4, -0.2) is 15.7 Å². The summed E-state index contributed by atoms with van der Waals surface area (Å²) < 4.78 is 2.30. The van der Waals surface area contributed by atoms with Gasteiger partial charge in [0.1, 0.15) is 0 Å². The first-order valence-corrected chi connectivity index (χ1v) is 8.68. The minimum Gasteiger partial charge on any atom is -0.348 e. The number of hydrogen-bond acceptors (Lipinski definition) is 1. The van der Waals surface area contributed by atoms with Crippen LogP contribution in [0.2, 0.25) is 0 Å². The van der Waals surface area contributed by atoms with E-state index in [0.717, 1.165) is 29.6 Å². The third-order valence-corrected chi connectivity index (χ3v) is 5.20. The number of nitrogens with zero attached hydrogens (tertiary/aromatic N) is 1. The molecule has 3 unspecified atom stereocenters. The maximum atomic E-state index is 12.1. The first-order valence-electron chi connectivity index (χ1n) is 8.25. The van der Waals surface area contributed by atoms with Crippen LogP contribution in [0.1, 0.15) is 67.7 Å². The number of rotatable bonds is 5. The normalized spacial score (nSPS) is 24.0. The topological polar surface area (TPSA) is 22.0 Å². The number of Topliss-reactive ketones (excluding diaryl/α,β-unsaturated/α-hetero) is 1. The van der Waals surface area contributed by atoms with E-state index in [-0.39, 0.29) is 5.78 Å². The van der Waals surface area contributed by atoms with Crippen LogP contribution in [0.4, 0.5) is 0 Å². The van der Waals surface area contributed by atoms with Gasteiger partial charge >= 0.3 is 0 Å². The summed E-state index contributed by atoms with van der Waals surface area (Å²) in [5, 5.41) is -0.446. The minimum atomic E-state index is -0.446. The fourth-order valence-corrected chi connectivity index (χ4v) is 3.86. The molecule has 0 aromatic carbocycles. The van der Waals surface area contributed by atoms with Gasteiger partial charge in [0, 0.05) is 23.5 Å². The molecule has 1 aliphatic carbocycles. The highest BCUT2D eigenvalue weighted by molar-refractivity contribution is 6.33. The van der Waals surface area contributed by atoms with Crippen molar-refractivity contribution >= 4 is 17.4 Å². The van der Waals surface area contributed by atoms with Crippen LogP contribution >= 0.6 is 11.6 Å². The molecule has 0 bridgehead atoms. The van der Waals surface area contributed by atoms with Gasteiger partial charge in [0.2, 0.25) is 0 Å². The van der Waals surface area contributed by atoms with Crippen molar-refractivity contribution in [1.82, 2.24) is 4.57 Å². The van der Waals surface area contributed by atoms with Gasteiger partial charge in [-0.1, -0.05) is 26.2 Å². The van der Waals surface area contributed by atoms with E-state index in [1.54, 1.807) is 6.92 Å². The van der Waals surface area contributed by atoms with Crippen LogP contribution in [0.5, 0.6) is 0 Å². The molecule has 0 radical (unpaired) electrons. The molecule has 0 amide bonds. The summed E-state index contributed by atoms with van der Waals surface area (Å²) in [4.78, 5) is 12.1. The fourth-order valence-electron chi connectivity index (χ4n) is 3.74. The minimum absolute atomic E-state index is 0.0438. The Balaban J connectivity index is 2.05. The predicted octanol–water partition coefficient (Wildman–Crippen LogP) is 5.13. The lowest BCUT2D eigenvalue weighted by molar-refractivity contribution is 0.0991. The van der Waals surface area contributed by atoms with Gasteiger partial charge < -0.3 is 4.57 Å². The highest BCUT2D eigenvalue weighted by Gasteiger charge is 2.21. The lowest BCUT2D eigenvalue weighted by Crippen LogP contribution is -2.16. The maximum Gasteiger partial charge on any atom is 0.182 e. The van der Waals surface area contributed by atoms with Gasteiger partial charge in [-0.15, -0.1) is 11.6 Å². The average Bonchev–Trinajstić information content (AvgIpc) is 2.71. The molecule has 1 aliphatic rings. The average molecular weight is 310 g/mol. The van der Waals surface area contributed by atoms with Gasteiger partial charge in [-0.2, -0.15) is 0 Å². The summed E-state index contributed by atoms with van der Waals surface area (Å²) in [5.74, 6) is 1.77. The molecule has 1 saturated carbocycles. The molecule has 3 atom stereocenters. The van der Waals surface area contributed by atoms with E-state index in [4.69, 9.17) is 11.6 Å². The molecular formula is C18H28ClNO. The molecule has 1 fully saturated rings. The molecule has 118 valence electrons. The Bertz CT molecular complexity index is 504. The van der Waals surface area contributed by atoms with Crippen molar-refractivity contribution in [2.75, 3.05) is 0 Å². The Morgan fingerprint density at radius 2 is 2.14 bits per heavy atom. The second kappa shape index (κ2) is 7.00. The molecule has 2 nitrogen and oxygen atoms in total. The summed E-state index contributed by atoms with van der Waals surface area (Å²) in [6.07, 6.45) is 6.73. The summed E-state index contributed by atoms with van der Waals surface area (Å²) in [7, 11) is 0. The number of halogens is 1. The quantitative estimate of drug-likeness (QED) is 0.546. The van der Waals surface area contributed by atoms with Crippen molar-refractivity contribution in [3.63, 3.8) is 0 Å². The summed E-state index contributed by atoms with van der Waals surface area (Å²) in [6.45, 7) is 9.28. The zero-order valence-corrected chi connectivity index (χ0v) is 14.5. The summed E-state index contributed by atoms with van der Waals surface area (Å²) in [6, 6.07) is 2.00. The van der Waals surface area contributed by atoms with Crippen LogP contribution in [-0.2, 0) is 6.54 Å². The van der Waals surface area contributed by atoms with Gasteiger partial charge in [-0.25, -0.2) is 0 Å². The standard InChI is InChI=1S/C18H28ClNO/c1-12-6-5-7-16(10-12)8-9-20-13(2)11-17(15(20)4)18(21)14(3)19/h11-12,14,16H,5-10H2,1-4H3. The number of carbonyl (C=O) groups is 1. The van der Waals surface area contributed by atoms with Crippen LogP contribution in [0.25, 0.3) is 0 Å². The van der Waals surface area contributed by atoms with E-state index >= 15 is 0 Å². The van der Waals surface area contributed by atoms with Gasteiger partial charge in [0.05, 0.1) is 5.38 Å². The fraction of sp³-hybridized carbons (Fsp3) is 0.722. The van der Waals surface area contributed by atoms with Crippen LogP contribution < -0.4 is 0 Å². The van der Waals surface area contributed by atoms with Crippen LogP contribution in [0, 0.1) is 25.7 Å². The molecule has 0 saturated heterocycles. The Labute approximate surface area is 133 Å². The number of ketones is 1. The molecular weight excluding hydrogens is 282 g/mol. The zero-order chi connectivity index (χ0) is 15.6. The van der Waals surface area contributed by atoms with Gasteiger partial charge in [-0.05, 0) is 51.5 Å². The highest BCUT2D eigenvalue weighted by atomic mass is 35.5. The van der Waals surface area contributed by atoms with Crippen molar-refractivity contribution in [1.29, 1.82) is 0 Å². The molecule has 1 heterocycles. The van der Waals surface area contributed by atoms with Gasteiger partial charge in [0.25, 0.3) is 0 Å². The molecule has 1 aromatic rings. The molecule has 3 heteroatoms. The Hall–Kier alpha value is -0.760.